The smallest absolute Gasteiger partial charge is 0.308 e. The minimum absolute atomic E-state index is 0.0169. The monoisotopic (exact) mass is 421 g/mol. The molecule has 1 saturated carbocycles. The Kier molecular flexibility index (Phi) is 6.27. The molecule has 0 aromatic heterocycles. The minimum atomic E-state index is -0.724. The lowest BCUT2D eigenvalue weighted by atomic mass is 10.0. The summed E-state index contributed by atoms with van der Waals surface area (Å²) in [4.78, 5) is 11.2. The quantitative estimate of drug-likeness (QED) is 0.690. The lowest BCUT2D eigenvalue weighted by Crippen LogP contribution is -2.35. The van der Waals surface area contributed by atoms with E-state index in [4.69, 9.17) is 4.74 Å². The van der Waals surface area contributed by atoms with Crippen molar-refractivity contribution in [3.05, 3.63) is 63.9 Å². The van der Waals surface area contributed by atoms with Crippen LogP contribution < -0.4 is 10.1 Å². The second-order valence-electron chi connectivity index (χ2n) is 6.51. The summed E-state index contributed by atoms with van der Waals surface area (Å²) in [5.74, 6) is -0.671. The normalized spacial score (nSPS) is 19.5. The fraction of sp³-hybridized carbons (Fsp3) is 0.350. The third kappa shape index (κ3) is 4.62. The molecule has 0 radical (unpaired) electrons. The van der Waals surface area contributed by atoms with Crippen LogP contribution in [0.15, 0.2) is 46.9 Å². The van der Waals surface area contributed by atoms with E-state index in [0.29, 0.717) is 17.9 Å². The Morgan fingerprint density at radius 3 is 2.81 bits per heavy atom. The maximum absolute atomic E-state index is 13.7. The second kappa shape index (κ2) is 8.64. The van der Waals surface area contributed by atoms with E-state index in [9.17, 15) is 14.3 Å². The molecule has 138 valence electrons. The fourth-order valence-corrected chi connectivity index (χ4v) is 3.83. The molecule has 1 aliphatic rings. The largest absolute Gasteiger partial charge is 0.488 e. The van der Waals surface area contributed by atoms with Gasteiger partial charge in [-0.2, -0.15) is 0 Å². The summed E-state index contributed by atoms with van der Waals surface area (Å²) < 4.78 is 20.1. The van der Waals surface area contributed by atoms with Crippen molar-refractivity contribution in [1.82, 2.24) is 5.32 Å². The van der Waals surface area contributed by atoms with Gasteiger partial charge in [0, 0.05) is 18.2 Å². The summed E-state index contributed by atoms with van der Waals surface area (Å²) in [5.41, 5.74) is 1.54. The van der Waals surface area contributed by atoms with Gasteiger partial charge < -0.3 is 15.2 Å². The molecule has 3 rings (SSSR count). The van der Waals surface area contributed by atoms with Crippen molar-refractivity contribution >= 4 is 21.9 Å². The van der Waals surface area contributed by atoms with Crippen LogP contribution in [0.5, 0.6) is 5.75 Å². The van der Waals surface area contributed by atoms with Crippen LogP contribution in [0.3, 0.4) is 0 Å². The first-order valence-corrected chi connectivity index (χ1v) is 9.44. The molecule has 0 saturated heterocycles. The molecule has 1 aliphatic carbocycles. The Labute approximate surface area is 160 Å². The lowest BCUT2D eigenvalue weighted by molar-refractivity contribution is -0.142. The van der Waals surface area contributed by atoms with Gasteiger partial charge in [0.2, 0.25) is 0 Å². The first-order chi connectivity index (χ1) is 12.5. The predicted octanol–water partition coefficient (Wildman–Crippen LogP) is 4.51. The molecule has 4 nitrogen and oxygen atoms in total. The minimum Gasteiger partial charge on any atom is -0.488 e. The summed E-state index contributed by atoms with van der Waals surface area (Å²) >= 11 is 3.49. The second-order valence-corrected chi connectivity index (χ2v) is 7.36. The number of halogens is 2. The molecule has 0 amide bonds. The molecule has 26 heavy (non-hydrogen) atoms. The van der Waals surface area contributed by atoms with Crippen LogP contribution >= 0.6 is 15.9 Å². The Balaban J connectivity index is 1.57. The Morgan fingerprint density at radius 2 is 2.08 bits per heavy atom. The van der Waals surface area contributed by atoms with Gasteiger partial charge in [-0.25, -0.2) is 4.39 Å². The summed E-state index contributed by atoms with van der Waals surface area (Å²) in [6, 6.07) is 12.3. The van der Waals surface area contributed by atoms with Crippen LogP contribution in [0.25, 0.3) is 0 Å². The van der Waals surface area contributed by atoms with Crippen LogP contribution in [0.2, 0.25) is 0 Å². The lowest BCUT2D eigenvalue weighted by Gasteiger charge is -2.18. The van der Waals surface area contributed by atoms with Gasteiger partial charge in [0.05, 0.1) is 10.4 Å². The van der Waals surface area contributed by atoms with E-state index < -0.39 is 5.97 Å². The number of aliphatic carboxylic acids is 1. The summed E-state index contributed by atoms with van der Waals surface area (Å²) in [6.45, 7) is 0.756. The van der Waals surface area contributed by atoms with Gasteiger partial charge in [-0.15, -0.1) is 0 Å². The summed E-state index contributed by atoms with van der Waals surface area (Å²) in [5, 5.41) is 12.6. The van der Waals surface area contributed by atoms with E-state index in [2.05, 4.69) is 21.2 Å². The SMILES string of the molecule is O=C(O)C1CCCC1NCc1ccc(OCc2ccccc2F)c(Br)c1. The number of hydrogen-bond donors (Lipinski definition) is 2. The Bertz CT molecular complexity index is 783. The van der Waals surface area contributed by atoms with Crippen molar-refractivity contribution in [3.63, 3.8) is 0 Å². The van der Waals surface area contributed by atoms with Gasteiger partial charge in [-0.05, 0) is 52.5 Å². The first-order valence-electron chi connectivity index (χ1n) is 8.65. The summed E-state index contributed by atoms with van der Waals surface area (Å²) in [7, 11) is 0. The van der Waals surface area contributed by atoms with Crippen molar-refractivity contribution in [2.45, 2.75) is 38.5 Å². The van der Waals surface area contributed by atoms with Crippen LogP contribution in [0, 0.1) is 11.7 Å². The number of carbonyl (C=O) groups is 1. The van der Waals surface area contributed by atoms with Crippen molar-refractivity contribution in [2.24, 2.45) is 5.92 Å². The van der Waals surface area contributed by atoms with Gasteiger partial charge >= 0.3 is 5.97 Å². The van der Waals surface area contributed by atoms with Crippen molar-refractivity contribution in [1.29, 1.82) is 0 Å². The molecule has 0 heterocycles. The molecule has 6 heteroatoms. The first kappa shape index (κ1) is 18.9. The number of carboxylic acid groups (broad SMARTS) is 1. The molecule has 0 spiro atoms. The highest BCUT2D eigenvalue weighted by Gasteiger charge is 2.32. The zero-order valence-corrected chi connectivity index (χ0v) is 15.8. The van der Waals surface area contributed by atoms with E-state index in [0.717, 1.165) is 29.3 Å². The number of rotatable bonds is 7. The molecule has 2 aromatic rings. The third-order valence-corrected chi connectivity index (χ3v) is 5.36. The standard InChI is InChI=1S/C20H21BrFNO3/c21-16-10-13(11-23-18-7-3-5-15(18)20(24)25)8-9-19(16)26-12-14-4-1-2-6-17(14)22/h1-2,4,6,8-10,15,18,23H,3,5,7,11-12H2,(H,24,25). The number of hydrogen-bond acceptors (Lipinski definition) is 3. The van der Waals surface area contributed by atoms with E-state index >= 15 is 0 Å². The van der Waals surface area contributed by atoms with Gasteiger partial charge in [0.15, 0.2) is 0 Å². The van der Waals surface area contributed by atoms with E-state index in [-0.39, 0.29) is 24.4 Å². The molecule has 0 aliphatic heterocycles. The number of nitrogens with one attached hydrogen (secondary N) is 1. The van der Waals surface area contributed by atoms with Crippen LogP contribution in [0.1, 0.15) is 30.4 Å². The number of ether oxygens (including phenoxy) is 1. The van der Waals surface area contributed by atoms with Crippen LogP contribution in [-0.4, -0.2) is 17.1 Å². The highest BCUT2D eigenvalue weighted by molar-refractivity contribution is 9.10. The Morgan fingerprint density at radius 1 is 1.27 bits per heavy atom. The highest BCUT2D eigenvalue weighted by atomic mass is 79.9. The molecule has 1 fully saturated rings. The molecule has 0 bridgehead atoms. The molecular formula is C20H21BrFNO3. The summed E-state index contributed by atoms with van der Waals surface area (Å²) in [6.07, 6.45) is 2.57. The zero-order valence-electron chi connectivity index (χ0n) is 14.3. The van der Waals surface area contributed by atoms with Crippen LogP contribution in [-0.2, 0) is 17.9 Å². The third-order valence-electron chi connectivity index (χ3n) is 4.74. The van der Waals surface area contributed by atoms with Gasteiger partial charge in [0.25, 0.3) is 0 Å². The molecule has 2 unspecified atom stereocenters. The maximum atomic E-state index is 13.7. The van der Waals surface area contributed by atoms with Crippen molar-refractivity contribution in [2.75, 3.05) is 0 Å². The fourth-order valence-electron chi connectivity index (χ4n) is 3.29. The molecular weight excluding hydrogens is 401 g/mol. The zero-order chi connectivity index (χ0) is 18.5. The molecule has 2 aromatic carbocycles. The van der Waals surface area contributed by atoms with Gasteiger partial charge in [0.1, 0.15) is 18.2 Å². The van der Waals surface area contributed by atoms with E-state index in [1.807, 2.05) is 18.2 Å². The molecule has 2 atom stereocenters. The Hall–Kier alpha value is -1.92. The topological polar surface area (TPSA) is 58.6 Å². The van der Waals surface area contributed by atoms with Crippen LogP contribution in [0.4, 0.5) is 4.39 Å². The predicted molar refractivity (Wildman–Crippen MR) is 100 cm³/mol. The maximum Gasteiger partial charge on any atom is 0.308 e. The van der Waals surface area contributed by atoms with Gasteiger partial charge in [-0.1, -0.05) is 30.7 Å². The average molecular weight is 422 g/mol. The van der Waals surface area contributed by atoms with Crippen molar-refractivity contribution in [3.8, 4) is 5.75 Å². The van der Waals surface area contributed by atoms with Crippen molar-refractivity contribution < 1.29 is 19.0 Å². The average Bonchev–Trinajstić information content (AvgIpc) is 3.09. The van der Waals surface area contributed by atoms with E-state index in [1.54, 1.807) is 18.2 Å². The molecule has 2 N–H and O–H groups in total. The highest BCUT2D eigenvalue weighted by Crippen LogP contribution is 2.29. The number of carboxylic acids is 1. The van der Waals surface area contributed by atoms with Gasteiger partial charge in [-0.3, -0.25) is 4.79 Å². The van der Waals surface area contributed by atoms with E-state index in [1.165, 1.54) is 6.07 Å². The number of benzene rings is 2.